The molecule has 0 aliphatic rings. The number of unbranched alkanes of at least 4 members (excludes halogenated alkanes) is 1. The van der Waals surface area contributed by atoms with Crippen LogP contribution in [-0.4, -0.2) is 17.6 Å². The lowest BCUT2D eigenvalue weighted by Gasteiger charge is -1.99. The molecule has 1 aromatic rings. The molecule has 0 aromatic carbocycles. The molecular weight excluding hydrogens is 198 g/mol. The Hall–Kier alpha value is -1.34. The van der Waals surface area contributed by atoms with E-state index in [9.17, 15) is 4.79 Å². The van der Waals surface area contributed by atoms with Gasteiger partial charge in [-0.3, -0.25) is 0 Å². The van der Waals surface area contributed by atoms with Gasteiger partial charge in [-0.15, -0.1) is 23.7 Å². The summed E-state index contributed by atoms with van der Waals surface area (Å²) in [7, 11) is 0. The first-order chi connectivity index (χ1) is 6.74. The predicted molar refractivity (Wildman–Crippen MR) is 55.2 cm³/mol. The van der Waals surface area contributed by atoms with Crippen LogP contribution in [0.15, 0.2) is 5.38 Å². The molecule has 0 bridgehead atoms. The molecule has 0 unspecified atom stereocenters. The molecule has 0 atom stereocenters. The molecule has 0 N–H and O–H groups in total. The molecule has 74 valence electrons. The van der Waals surface area contributed by atoms with Crippen LogP contribution in [0.2, 0.25) is 0 Å². The van der Waals surface area contributed by atoms with Gasteiger partial charge < -0.3 is 4.74 Å². The molecule has 14 heavy (non-hydrogen) atoms. The normalized spacial score (nSPS) is 9.43. The van der Waals surface area contributed by atoms with Crippen molar-refractivity contribution in [3.63, 3.8) is 0 Å². The quantitative estimate of drug-likeness (QED) is 0.432. The van der Waals surface area contributed by atoms with Gasteiger partial charge in [-0.05, 0) is 13.3 Å². The van der Waals surface area contributed by atoms with Crippen LogP contribution in [0.4, 0.5) is 0 Å². The SMILES string of the molecule is C#CCCCOC(=O)c1csc(C)n1. The predicted octanol–water partition coefficient (Wildman–Crippen LogP) is 2.02. The number of esters is 1. The Balaban J connectivity index is 2.33. The second kappa shape index (κ2) is 5.40. The molecule has 0 spiro atoms. The molecule has 3 nitrogen and oxygen atoms in total. The number of carbonyl (C=O) groups is 1. The summed E-state index contributed by atoms with van der Waals surface area (Å²) in [6, 6.07) is 0. The van der Waals surface area contributed by atoms with Crippen LogP contribution in [0.1, 0.15) is 28.3 Å². The highest BCUT2D eigenvalue weighted by Gasteiger charge is 2.09. The van der Waals surface area contributed by atoms with Crippen molar-refractivity contribution in [1.82, 2.24) is 4.98 Å². The fraction of sp³-hybridized carbons (Fsp3) is 0.400. The lowest BCUT2D eigenvalue weighted by atomic mass is 10.3. The van der Waals surface area contributed by atoms with E-state index in [1.54, 1.807) is 5.38 Å². The number of hydrogen-bond donors (Lipinski definition) is 0. The minimum absolute atomic E-state index is 0.361. The molecule has 0 fully saturated rings. The van der Waals surface area contributed by atoms with E-state index >= 15 is 0 Å². The molecule has 1 aromatic heterocycles. The summed E-state index contributed by atoms with van der Waals surface area (Å²) in [6.07, 6.45) is 6.39. The maximum atomic E-state index is 11.3. The maximum Gasteiger partial charge on any atom is 0.357 e. The third kappa shape index (κ3) is 3.19. The number of carbonyl (C=O) groups excluding carboxylic acids is 1. The fourth-order valence-electron chi connectivity index (χ4n) is 0.870. The first-order valence-corrected chi connectivity index (χ1v) is 5.14. The zero-order chi connectivity index (χ0) is 10.4. The minimum Gasteiger partial charge on any atom is -0.461 e. The summed E-state index contributed by atoms with van der Waals surface area (Å²) in [4.78, 5) is 15.3. The fourth-order valence-corrected chi connectivity index (χ4v) is 1.45. The molecule has 0 aliphatic heterocycles. The second-order valence-corrected chi connectivity index (χ2v) is 3.76. The van der Waals surface area contributed by atoms with Crippen molar-refractivity contribution in [1.29, 1.82) is 0 Å². The van der Waals surface area contributed by atoms with Crippen molar-refractivity contribution in [2.45, 2.75) is 19.8 Å². The maximum absolute atomic E-state index is 11.3. The number of aryl methyl sites for hydroxylation is 1. The summed E-state index contributed by atoms with van der Waals surface area (Å²) in [6.45, 7) is 2.21. The van der Waals surface area contributed by atoms with Crippen molar-refractivity contribution in [3.05, 3.63) is 16.1 Å². The lowest BCUT2D eigenvalue weighted by molar-refractivity contribution is 0.0495. The van der Waals surface area contributed by atoms with Gasteiger partial charge >= 0.3 is 5.97 Å². The Bertz CT molecular complexity index is 351. The highest BCUT2D eigenvalue weighted by Crippen LogP contribution is 2.09. The van der Waals surface area contributed by atoms with Crippen LogP contribution in [0.25, 0.3) is 0 Å². The monoisotopic (exact) mass is 209 g/mol. The van der Waals surface area contributed by atoms with E-state index in [0.717, 1.165) is 5.01 Å². The third-order valence-corrected chi connectivity index (χ3v) is 2.30. The van der Waals surface area contributed by atoms with E-state index in [1.165, 1.54) is 11.3 Å². The number of ether oxygens (including phenoxy) is 1. The van der Waals surface area contributed by atoms with E-state index in [4.69, 9.17) is 11.2 Å². The zero-order valence-electron chi connectivity index (χ0n) is 7.95. The van der Waals surface area contributed by atoms with Crippen LogP contribution < -0.4 is 0 Å². The number of aromatic nitrogens is 1. The van der Waals surface area contributed by atoms with E-state index in [1.807, 2.05) is 6.92 Å². The van der Waals surface area contributed by atoms with Gasteiger partial charge in [0.05, 0.1) is 11.6 Å². The second-order valence-electron chi connectivity index (χ2n) is 2.70. The summed E-state index contributed by atoms with van der Waals surface area (Å²) in [5.41, 5.74) is 0.383. The Kier molecular flexibility index (Phi) is 4.14. The van der Waals surface area contributed by atoms with Gasteiger partial charge in [-0.25, -0.2) is 9.78 Å². The topological polar surface area (TPSA) is 39.2 Å². The standard InChI is InChI=1S/C10H11NO2S/c1-3-4-5-6-13-10(12)9-7-14-8(2)11-9/h1,7H,4-6H2,2H3. The Morgan fingerprint density at radius 1 is 1.79 bits per heavy atom. The third-order valence-electron chi connectivity index (χ3n) is 1.53. The highest BCUT2D eigenvalue weighted by atomic mass is 32.1. The van der Waals surface area contributed by atoms with E-state index in [2.05, 4.69) is 10.9 Å². The molecule has 0 amide bonds. The molecule has 1 heterocycles. The van der Waals surface area contributed by atoms with Crippen LogP contribution in [-0.2, 0) is 4.74 Å². The van der Waals surface area contributed by atoms with Gasteiger partial charge in [0.2, 0.25) is 0 Å². The minimum atomic E-state index is -0.369. The molecule has 0 saturated heterocycles. The van der Waals surface area contributed by atoms with Crippen LogP contribution >= 0.6 is 11.3 Å². The van der Waals surface area contributed by atoms with Gasteiger partial charge in [0.15, 0.2) is 5.69 Å². The van der Waals surface area contributed by atoms with Gasteiger partial charge in [0.25, 0.3) is 0 Å². The van der Waals surface area contributed by atoms with Gasteiger partial charge in [0.1, 0.15) is 0 Å². The average molecular weight is 209 g/mol. The van der Waals surface area contributed by atoms with Crippen molar-refractivity contribution in [2.24, 2.45) is 0 Å². The largest absolute Gasteiger partial charge is 0.461 e. The van der Waals surface area contributed by atoms with Gasteiger partial charge in [0, 0.05) is 11.8 Å². The molecule has 0 radical (unpaired) electrons. The first-order valence-electron chi connectivity index (χ1n) is 4.26. The summed E-state index contributed by atoms with van der Waals surface area (Å²) < 4.78 is 4.95. The van der Waals surface area contributed by atoms with Crippen molar-refractivity contribution >= 4 is 17.3 Å². The lowest BCUT2D eigenvalue weighted by Crippen LogP contribution is -2.06. The Labute approximate surface area is 87.1 Å². The van der Waals surface area contributed by atoms with Gasteiger partial charge in [-0.1, -0.05) is 0 Å². The Morgan fingerprint density at radius 2 is 2.57 bits per heavy atom. The number of terminal acetylenes is 1. The van der Waals surface area contributed by atoms with Crippen LogP contribution in [0, 0.1) is 19.3 Å². The van der Waals surface area contributed by atoms with E-state index in [0.29, 0.717) is 25.1 Å². The highest BCUT2D eigenvalue weighted by molar-refractivity contribution is 7.09. The van der Waals surface area contributed by atoms with E-state index < -0.39 is 0 Å². The summed E-state index contributed by atoms with van der Waals surface area (Å²) in [5, 5.41) is 2.55. The molecular formula is C10H11NO2S. The van der Waals surface area contributed by atoms with Crippen molar-refractivity contribution in [3.8, 4) is 12.3 Å². The smallest absolute Gasteiger partial charge is 0.357 e. The molecule has 0 saturated carbocycles. The van der Waals surface area contributed by atoms with Gasteiger partial charge in [-0.2, -0.15) is 0 Å². The summed E-state index contributed by atoms with van der Waals surface area (Å²) >= 11 is 1.43. The molecule has 1 rings (SSSR count). The number of thiazole rings is 1. The number of rotatable bonds is 4. The Morgan fingerprint density at radius 3 is 3.14 bits per heavy atom. The van der Waals surface area contributed by atoms with Crippen LogP contribution in [0.5, 0.6) is 0 Å². The number of nitrogens with zero attached hydrogens (tertiary/aromatic N) is 1. The number of hydrogen-bond acceptors (Lipinski definition) is 4. The van der Waals surface area contributed by atoms with Crippen molar-refractivity contribution in [2.75, 3.05) is 6.61 Å². The van der Waals surface area contributed by atoms with Crippen molar-refractivity contribution < 1.29 is 9.53 Å². The van der Waals surface area contributed by atoms with Crippen LogP contribution in [0.3, 0.4) is 0 Å². The average Bonchev–Trinajstić information content (AvgIpc) is 2.59. The first kappa shape index (κ1) is 10.7. The zero-order valence-corrected chi connectivity index (χ0v) is 8.76. The molecule has 4 heteroatoms. The molecule has 0 aliphatic carbocycles. The summed E-state index contributed by atoms with van der Waals surface area (Å²) in [5.74, 6) is 2.11. The van der Waals surface area contributed by atoms with E-state index in [-0.39, 0.29) is 5.97 Å².